The molecule has 4 heteroatoms. The number of carbonyl (C=O) groups is 1. The molecule has 0 bridgehead atoms. The number of nitriles is 1. The summed E-state index contributed by atoms with van der Waals surface area (Å²) >= 11 is 0. The van der Waals surface area contributed by atoms with E-state index >= 15 is 0 Å². The molecular weight excluding hydrogens is 262 g/mol. The second kappa shape index (κ2) is 7.80. The fraction of sp³-hybridized carbons (Fsp3) is 0.529. The van der Waals surface area contributed by atoms with Crippen molar-refractivity contribution < 1.29 is 4.79 Å². The molecule has 0 aliphatic rings. The molecule has 0 aliphatic heterocycles. The van der Waals surface area contributed by atoms with E-state index in [1.165, 1.54) is 0 Å². The van der Waals surface area contributed by atoms with Crippen LogP contribution in [0.4, 0.5) is 0 Å². The van der Waals surface area contributed by atoms with Crippen molar-refractivity contribution in [2.45, 2.75) is 46.1 Å². The van der Waals surface area contributed by atoms with Crippen LogP contribution in [-0.2, 0) is 4.79 Å². The molecule has 0 aromatic heterocycles. The predicted octanol–water partition coefficient (Wildman–Crippen LogP) is 2.89. The molecule has 3 N–H and O–H groups in total. The van der Waals surface area contributed by atoms with Crippen LogP contribution in [0.25, 0.3) is 0 Å². The highest BCUT2D eigenvalue weighted by atomic mass is 16.1. The van der Waals surface area contributed by atoms with Gasteiger partial charge in [0.1, 0.15) is 0 Å². The molecule has 21 heavy (non-hydrogen) atoms. The molecule has 1 unspecified atom stereocenters. The summed E-state index contributed by atoms with van der Waals surface area (Å²) in [5.74, 6) is 0.0527. The number of nitrogens with one attached hydrogen (secondary N) is 1. The lowest BCUT2D eigenvalue weighted by molar-refractivity contribution is -0.122. The van der Waals surface area contributed by atoms with Gasteiger partial charge in [0.15, 0.2) is 0 Å². The van der Waals surface area contributed by atoms with Gasteiger partial charge in [0.2, 0.25) is 5.91 Å². The van der Waals surface area contributed by atoms with E-state index in [0.717, 1.165) is 18.4 Å². The molecule has 0 saturated carbocycles. The monoisotopic (exact) mass is 287 g/mol. The van der Waals surface area contributed by atoms with Gasteiger partial charge in [-0.05, 0) is 49.4 Å². The molecule has 1 rings (SSSR count). The van der Waals surface area contributed by atoms with E-state index in [0.29, 0.717) is 18.5 Å². The van der Waals surface area contributed by atoms with Crippen LogP contribution in [0.3, 0.4) is 0 Å². The number of benzene rings is 1. The fourth-order valence-corrected chi connectivity index (χ4v) is 2.21. The van der Waals surface area contributed by atoms with Crippen molar-refractivity contribution in [2.24, 2.45) is 11.1 Å². The molecule has 0 heterocycles. The minimum atomic E-state index is -0.0529. The van der Waals surface area contributed by atoms with Gasteiger partial charge < -0.3 is 11.1 Å². The number of nitrogens with two attached hydrogens (primary N) is 1. The molecule has 1 atom stereocenters. The summed E-state index contributed by atoms with van der Waals surface area (Å²) in [5.41, 5.74) is 7.31. The Morgan fingerprint density at radius 3 is 2.48 bits per heavy atom. The molecular formula is C17H25N3O. The molecule has 0 saturated heterocycles. The van der Waals surface area contributed by atoms with Gasteiger partial charge in [0.05, 0.1) is 17.7 Å². The van der Waals surface area contributed by atoms with Crippen molar-refractivity contribution in [3.8, 4) is 6.07 Å². The van der Waals surface area contributed by atoms with Gasteiger partial charge in [0, 0.05) is 6.42 Å². The lowest BCUT2D eigenvalue weighted by Gasteiger charge is -2.24. The van der Waals surface area contributed by atoms with Gasteiger partial charge in [-0.15, -0.1) is 0 Å². The van der Waals surface area contributed by atoms with E-state index in [1.54, 1.807) is 12.1 Å². The molecule has 0 fully saturated rings. The summed E-state index contributed by atoms with van der Waals surface area (Å²) in [7, 11) is 0. The highest BCUT2D eigenvalue weighted by Gasteiger charge is 2.19. The fourth-order valence-electron chi connectivity index (χ4n) is 2.21. The molecule has 0 radical (unpaired) electrons. The zero-order valence-electron chi connectivity index (χ0n) is 13.1. The molecule has 4 nitrogen and oxygen atoms in total. The quantitative estimate of drug-likeness (QED) is 0.809. The Kier molecular flexibility index (Phi) is 6.39. The Bertz CT molecular complexity index is 500. The Hall–Kier alpha value is -1.86. The Morgan fingerprint density at radius 2 is 1.95 bits per heavy atom. The van der Waals surface area contributed by atoms with Crippen LogP contribution in [0.1, 0.15) is 57.2 Å². The lowest BCUT2D eigenvalue weighted by atomic mass is 9.84. The first-order valence-electron chi connectivity index (χ1n) is 7.37. The smallest absolute Gasteiger partial charge is 0.220 e. The van der Waals surface area contributed by atoms with Gasteiger partial charge >= 0.3 is 0 Å². The highest BCUT2D eigenvalue weighted by Crippen LogP contribution is 2.26. The average Bonchev–Trinajstić information content (AvgIpc) is 2.45. The predicted molar refractivity (Wildman–Crippen MR) is 84.4 cm³/mol. The van der Waals surface area contributed by atoms with Crippen LogP contribution in [0, 0.1) is 16.7 Å². The van der Waals surface area contributed by atoms with Crippen LogP contribution in [0.5, 0.6) is 0 Å². The summed E-state index contributed by atoms with van der Waals surface area (Å²) in [6.07, 6.45) is 2.26. The molecule has 0 aliphatic carbocycles. The Balaban J connectivity index is 2.48. The number of amides is 1. The number of nitrogens with zero attached hydrogens (tertiary/aromatic N) is 1. The van der Waals surface area contributed by atoms with Gasteiger partial charge in [-0.25, -0.2) is 0 Å². The van der Waals surface area contributed by atoms with Crippen LogP contribution in [-0.4, -0.2) is 12.5 Å². The highest BCUT2D eigenvalue weighted by molar-refractivity contribution is 5.76. The third-order valence-corrected chi connectivity index (χ3v) is 3.77. The molecule has 114 valence electrons. The van der Waals surface area contributed by atoms with Crippen molar-refractivity contribution in [1.29, 1.82) is 5.26 Å². The molecule has 0 spiro atoms. The third kappa shape index (κ3) is 5.97. The van der Waals surface area contributed by atoms with Crippen LogP contribution in [0.15, 0.2) is 24.3 Å². The minimum Gasteiger partial charge on any atom is -0.350 e. The number of carbonyl (C=O) groups excluding carboxylic acids is 1. The summed E-state index contributed by atoms with van der Waals surface area (Å²) in [4.78, 5) is 12.0. The first-order chi connectivity index (χ1) is 9.88. The maximum Gasteiger partial charge on any atom is 0.220 e. The normalized spacial score (nSPS) is 12.5. The van der Waals surface area contributed by atoms with Crippen molar-refractivity contribution >= 4 is 5.91 Å². The van der Waals surface area contributed by atoms with Crippen molar-refractivity contribution in [3.05, 3.63) is 35.4 Å². The summed E-state index contributed by atoms with van der Waals surface area (Å²) in [6, 6.07) is 9.32. The minimum absolute atomic E-state index is 0.0527. The first-order valence-corrected chi connectivity index (χ1v) is 7.37. The van der Waals surface area contributed by atoms with Crippen molar-refractivity contribution in [2.75, 3.05) is 6.54 Å². The van der Waals surface area contributed by atoms with E-state index in [1.807, 2.05) is 19.1 Å². The summed E-state index contributed by atoms with van der Waals surface area (Å²) in [5, 5.41) is 11.8. The molecule has 1 amide bonds. The Morgan fingerprint density at radius 1 is 1.33 bits per heavy atom. The van der Waals surface area contributed by atoms with E-state index in [-0.39, 0.29) is 17.4 Å². The van der Waals surface area contributed by atoms with Gasteiger partial charge in [0.25, 0.3) is 0 Å². The van der Waals surface area contributed by atoms with Gasteiger partial charge in [-0.2, -0.15) is 5.26 Å². The van der Waals surface area contributed by atoms with Crippen LogP contribution < -0.4 is 11.1 Å². The Labute approximate surface area is 127 Å². The second-order valence-electron chi connectivity index (χ2n) is 6.23. The van der Waals surface area contributed by atoms with Crippen LogP contribution in [0.2, 0.25) is 0 Å². The number of hydrogen-bond donors (Lipinski definition) is 2. The molecule has 1 aromatic rings. The van der Waals surface area contributed by atoms with Crippen molar-refractivity contribution in [1.82, 2.24) is 5.32 Å². The maximum atomic E-state index is 12.0. The van der Waals surface area contributed by atoms with Crippen molar-refractivity contribution in [3.63, 3.8) is 0 Å². The molecule has 1 aromatic carbocycles. The first kappa shape index (κ1) is 17.2. The van der Waals surface area contributed by atoms with Crippen LogP contribution >= 0.6 is 0 Å². The summed E-state index contributed by atoms with van der Waals surface area (Å²) < 4.78 is 0. The number of hydrogen-bond acceptors (Lipinski definition) is 3. The maximum absolute atomic E-state index is 12.0. The van der Waals surface area contributed by atoms with E-state index in [2.05, 4.69) is 25.2 Å². The van der Waals surface area contributed by atoms with Gasteiger partial charge in [-0.1, -0.05) is 26.0 Å². The standard InChI is InChI=1S/C17H25N3O/c1-13(15-6-4-14(12-19)5-7-15)20-16(21)8-9-17(2,3)10-11-18/h4-7,13H,8-11,18H2,1-3H3,(H,20,21). The van der Waals surface area contributed by atoms with Gasteiger partial charge in [-0.3, -0.25) is 4.79 Å². The van der Waals surface area contributed by atoms with E-state index in [4.69, 9.17) is 11.0 Å². The SMILES string of the molecule is CC(NC(=O)CCC(C)(C)CCN)c1ccc(C#N)cc1. The average molecular weight is 287 g/mol. The number of rotatable bonds is 7. The summed E-state index contributed by atoms with van der Waals surface area (Å²) in [6.45, 7) is 6.87. The third-order valence-electron chi connectivity index (χ3n) is 3.77. The van der Waals surface area contributed by atoms with E-state index in [9.17, 15) is 4.79 Å². The van der Waals surface area contributed by atoms with E-state index < -0.39 is 0 Å². The topological polar surface area (TPSA) is 78.9 Å². The zero-order chi connectivity index (χ0) is 15.9. The second-order valence-corrected chi connectivity index (χ2v) is 6.23. The zero-order valence-corrected chi connectivity index (χ0v) is 13.1. The lowest BCUT2D eigenvalue weighted by Crippen LogP contribution is -2.28. The largest absolute Gasteiger partial charge is 0.350 e.